The van der Waals surface area contributed by atoms with Gasteiger partial charge in [0, 0.05) is 49.1 Å². The molecule has 0 aliphatic carbocycles. The summed E-state index contributed by atoms with van der Waals surface area (Å²) in [7, 11) is -4.26. The molecule has 10 heteroatoms. The number of nitrogens with two attached hydrogens (primary N) is 1. The summed E-state index contributed by atoms with van der Waals surface area (Å²) >= 11 is 0. The van der Waals surface area contributed by atoms with Gasteiger partial charge in [-0.2, -0.15) is 0 Å². The van der Waals surface area contributed by atoms with E-state index in [1.54, 1.807) is 41.8 Å². The van der Waals surface area contributed by atoms with Crippen LogP contribution < -0.4 is 5.73 Å². The number of hydrogen-bond acceptors (Lipinski definition) is 5. The van der Waals surface area contributed by atoms with Crippen LogP contribution in [0.3, 0.4) is 0 Å². The number of sulfonamides is 1. The zero-order chi connectivity index (χ0) is 23.8. The Morgan fingerprint density at radius 2 is 1.78 bits per heavy atom. The van der Waals surface area contributed by atoms with E-state index in [0.717, 1.165) is 10.6 Å². The largest absolute Gasteiger partial charge is 0.337 e. The van der Waals surface area contributed by atoms with Crippen LogP contribution in [0.4, 0.5) is 4.39 Å². The molecule has 0 saturated heterocycles. The summed E-state index contributed by atoms with van der Waals surface area (Å²) in [6, 6.07) is 11.1. The molecule has 0 aliphatic rings. The number of benzene rings is 2. The lowest BCUT2D eigenvalue weighted by molar-refractivity contribution is 0.521. The maximum atomic E-state index is 14.4. The fourth-order valence-corrected chi connectivity index (χ4v) is 5.22. The molecule has 0 atom stereocenters. The molecule has 0 bridgehead atoms. The minimum atomic E-state index is -3.68. The predicted octanol–water partition coefficient (Wildman–Crippen LogP) is 3.08. The Labute approximate surface area is 187 Å². The van der Waals surface area contributed by atoms with Gasteiger partial charge in [-0.25, -0.2) is 25.5 Å². The van der Waals surface area contributed by atoms with Crippen LogP contribution in [0.1, 0.15) is 5.69 Å². The molecular weight excluding hydrogens is 453 g/mol. The van der Waals surface area contributed by atoms with Gasteiger partial charge < -0.3 is 10.3 Å². The quantitative estimate of drug-likeness (QED) is 0.561. The van der Waals surface area contributed by atoms with Crippen LogP contribution in [0.25, 0.3) is 22.0 Å². The third kappa shape index (κ3) is 4.49. The molecule has 3 rings (SSSR count). The van der Waals surface area contributed by atoms with Crippen LogP contribution >= 0.6 is 0 Å². The zero-order valence-electron chi connectivity index (χ0n) is 18.3. The molecular formula is C22H26FN3O4S2. The Morgan fingerprint density at radius 1 is 1.09 bits per heavy atom. The second-order valence-electron chi connectivity index (χ2n) is 7.70. The van der Waals surface area contributed by atoms with E-state index in [-0.39, 0.29) is 22.9 Å². The SMILES string of the molecule is Cc1c(-c2cccc(S(=O)(=O)N(C)C)c2)c2cc(S(C)(=O)=O)ccc2n1CC(F)=CCN. The van der Waals surface area contributed by atoms with Crippen LogP contribution in [0.2, 0.25) is 0 Å². The number of fused-ring (bicyclic) bond motifs is 1. The van der Waals surface area contributed by atoms with Crippen molar-refractivity contribution >= 4 is 30.8 Å². The van der Waals surface area contributed by atoms with Crippen molar-refractivity contribution in [3.8, 4) is 11.1 Å². The number of aromatic nitrogens is 1. The average molecular weight is 480 g/mol. The fraction of sp³-hybridized carbons (Fsp3) is 0.273. The second kappa shape index (κ2) is 8.78. The molecule has 1 heterocycles. The van der Waals surface area contributed by atoms with Crippen molar-refractivity contribution in [2.45, 2.75) is 23.3 Å². The van der Waals surface area contributed by atoms with Crippen LogP contribution in [0, 0.1) is 6.92 Å². The number of halogens is 1. The lowest BCUT2D eigenvalue weighted by atomic mass is 10.0. The molecule has 0 fully saturated rings. The van der Waals surface area contributed by atoms with Gasteiger partial charge in [0.2, 0.25) is 10.0 Å². The molecule has 2 N–H and O–H groups in total. The van der Waals surface area contributed by atoms with Gasteiger partial charge in [-0.05, 0) is 48.9 Å². The molecule has 3 aromatic rings. The molecule has 0 saturated carbocycles. The van der Waals surface area contributed by atoms with Gasteiger partial charge in [0.25, 0.3) is 0 Å². The summed E-state index contributed by atoms with van der Waals surface area (Å²) in [5.74, 6) is -0.421. The van der Waals surface area contributed by atoms with E-state index in [2.05, 4.69) is 0 Å². The smallest absolute Gasteiger partial charge is 0.242 e. The van der Waals surface area contributed by atoms with Crippen molar-refractivity contribution < 1.29 is 21.2 Å². The normalized spacial score (nSPS) is 13.3. The highest BCUT2D eigenvalue weighted by molar-refractivity contribution is 7.90. The Kier molecular flexibility index (Phi) is 6.62. The van der Waals surface area contributed by atoms with Crippen LogP contribution in [0.5, 0.6) is 0 Å². The van der Waals surface area contributed by atoms with Gasteiger partial charge in [-0.3, -0.25) is 0 Å². The standard InChI is InChI=1S/C22H26FN3O4S2/c1-15-22(16-6-5-7-19(12-16)32(29,30)25(2)3)20-13-18(31(4,27)28)8-9-21(20)26(15)14-17(23)10-11-24/h5-10,12-13H,11,14,24H2,1-4H3. The minimum absolute atomic E-state index is 0.0552. The first-order valence-electron chi connectivity index (χ1n) is 9.78. The molecule has 1 aromatic heterocycles. The molecule has 32 heavy (non-hydrogen) atoms. The number of rotatable bonds is 7. The fourth-order valence-electron chi connectivity index (χ4n) is 3.63. The van der Waals surface area contributed by atoms with E-state index in [4.69, 9.17) is 5.73 Å². The first-order chi connectivity index (χ1) is 14.9. The Balaban J connectivity index is 2.35. The summed E-state index contributed by atoms with van der Waals surface area (Å²) in [6.45, 7) is 1.77. The van der Waals surface area contributed by atoms with Gasteiger partial charge in [0.1, 0.15) is 5.83 Å². The predicted molar refractivity (Wildman–Crippen MR) is 124 cm³/mol. The average Bonchev–Trinajstić information content (AvgIpc) is 2.98. The minimum Gasteiger partial charge on any atom is -0.337 e. The van der Waals surface area contributed by atoms with Crippen molar-refractivity contribution in [2.24, 2.45) is 5.73 Å². The monoisotopic (exact) mass is 479 g/mol. The van der Waals surface area contributed by atoms with E-state index in [0.29, 0.717) is 27.7 Å². The van der Waals surface area contributed by atoms with Gasteiger partial charge in [0.15, 0.2) is 9.84 Å². The molecule has 0 unspecified atom stereocenters. The molecule has 2 aromatic carbocycles. The lowest BCUT2D eigenvalue weighted by Crippen LogP contribution is -2.22. The van der Waals surface area contributed by atoms with Crippen LogP contribution in [0.15, 0.2) is 64.2 Å². The Hall–Kier alpha value is -2.53. The summed E-state index contributed by atoms with van der Waals surface area (Å²) in [4.78, 5) is 0.229. The summed E-state index contributed by atoms with van der Waals surface area (Å²) in [6.07, 6.45) is 2.39. The van der Waals surface area contributed by atoms with Crippen molar-refractivity contribution in [1.82, 2.24) is 8.87 Å². The van der Waals surface area contributed by atoms with Gasteiger partial charge >= 0.3 is 0 Å². The zero-order valence-corrected chi connectivity index (χ0v) is 20.0. The van der Waals surface area contributed by atoms with E-state index in [1.165, 1.54) is 32.3 Å². The van der Waals surface area contributed by atoms with E-state index < -0.39 is 25.7 Å². The molecule has 172 valence electrons. The van der Waals surface area contributed by atoms with Crippen LogP contribution in [-0.2, 0) is 26.4 Å². The van der Waals surface area contributed by atoms with Gasteiger partial charge in [0.05, 0.1) is 16.3 Å². The molecule has 0 aliphatic heterocycles. The van der Waals surface area contributed by atoms with Crippen molar-refractivity contribution in [3.05, 3.63) is 60.1 Å². The molecule has 0 spiro atoms. The third-order valence-corrected chi connectivity index (χ3v) is 8.19. The highest BCUT2D eigenvalue weighted by Gasteiger charge is 2.22. The summed E-state index contributed by atoms with van der Waals surface area (Å²) < 4.78 is 66.8. The number of sulfone groups is 1. The Morgan fingerprint density at radius 3 is 2.38 bits per heavy atom. The lowest BCUT2D eigenvalue weighted by Gasteiger charge is -2.13. The maximum absolute atomic E-state index is 14.4. The Bertz CT molecular complexity index is 1420. The van der Waals surface area contributed by atoms with Crippen molar-refractivity contribution in [3.63, 3.8) is 0 Å². The number of allylic oxidation sites excluding steroid dienone is 1. The maximum Gasteiger partial charge on any atom is 0.242 e. The van der Waals surface area contributed by atoms with E-state index >= 15 is 0 Å². The van der Waals surface area contributed by atoms with Crippen molar-refractivity contribution in [2.75, 3.05) is 26.9 Å². The highest BCUT2D eigenvalue weighted by Crippen LogP contribution is 2.37. The highest BCUT2D eigenvalue weighted by atomic mass is 32.2. The van der Waals surface area contributed by atoms with E-state index in [1.807, 2.05) is 0 Å². The first kappa shape index (κ1) is 24.1. The topological polar surface area (TPSA) is 102 Å². The third-order valence-electron chi connectivity index (χ3n) is 5.27. The summed E-state index contributed by atoms with van der Waals surface area (Å²) in [5, 5.41) is 0.588. The van der Waals surface area contributed by atoms with Crippen LogP contribution in [-0.4, -0.2) is 52.6 Å². The number of nitrogens with zero attached hydrogens (tertiary/aromatic N) is 2. The first-order valence-corrected chi connectivity index (χ1v) is 13.1. The van der Waals surface area contributed by atoms with E-state index in [9.17, 15) is 21.2 Å². The summed E-state index contributed by atoms with van der Waals surface area (Å²) in [5.41, 5.74) is 7.96. The van der Waals surface area contributed by atoms with Crippen molar-refractivity contribution in [1.29, 1.82) is 0 Å². The second-order valence-corrected chi connectivity index (χ2v) is 11.9. The molecule has 7 nitrogen and oxygen atoms in total. The number of hydrogen-bond donors (Lipinski definition) is 1. The molecule has 0 radical (unpaired) electrons. The molecule has 0 amide bonds. The van der Waals surface area contributed by atoms with Gasteiger partial charge in [-0.1, -0.05) is 12.1 Å². The van der Waals surface area contributed by atoms with Gasteiger partial charge in [-0.15, -0.1) is 0 Å².